The summed E-state index contributed by atoms with van der Waals surface area (Å²) in [5.74, 6) is -6.08. The molecule has 2 aliphatic carbocycles. The molecule has 11 nitrogen and oxygen atoms in total. The summed E-state index contributed by atoms with van der Waals surface area (Å²) in [6, 6.07) is 19.9. The molecule has 1 N–H and O–H groups in total. The maximum Gasteiger partial charge on any atom is 0.258 e. The number of alkyl halides is 2. The Hall–Kier alpha value is -5.85. The van der Waals surface area contributed by atoms with Gasteiger partial charge in [0.05, 0.1) is 51.6 Å². The summed E-state index contributed by atoms with van der Waals surface area (Å²) in [7, 11) is 5.92. The lowest BCUT2D eigenvalue weighted by atomic mass is 9.56. The van der Waals surface area contributed by atoms with Gasteiger partial charge in [0.15, 0.2) is 9.75 Å². The van der Waals surface area contributed by atoms with Crippen molar-refractivity contribution in [1.82, 2.24) is 0 Å². The van der Waals surface area contributed by atoms with Gasteiger partial charge >= 0.3 is 0 Å². The monoisotopic (exact) mass is 826 g/mol. The minimum Gasteiger partial charge on any atom is -0.507 e. The van der Waals surface area contributed by atoms with E-state index in [1.54, 1.807) is 56.7 Å². The molecule has 58 heavy (non-hydrogen) atoms. The quantitative estimate of drug-likeness (QED) is 0.0789. The number of amides is 4. The first-order valence-corrected chi connectivity index (χ1v) is 19.1. The van der Waals surface area contributed by atoms with Gasteiger partial charge in [0, 0.05) is 29.2 Å². The average molecular weight is 828 g/mol. The molecule has 2 heterocycles. The molecule has 4 aliphatic rings. The fraction of sp³-hybridized carbons (Fsp3) is 0.273. The van der Waals surface area contributed by atoms with Crippen LogP contribution in [0.5, 0.6) is 28.7 Å². The molecule has 2 aliphatic heterocycles. The Morgan fingerprint density at radius 2 is 1.38 bits per heavy atom. The molecule has 8 rings (SSSR count). The molecular weight excluding hydrogens is 790 g/mol. The van der Waals surface area contributed by atoms with Crippen LogP contribution in [0.4, 0.5) is 15.8 Å². The van der Waals surface area contributed by atoms with E-state index in [2.05, 4.69) is 0 Å². The van der Waals surface area contributed by atoms with E-state index in [0.29, 0.717) is 22.8 Å². The van der Waals surface area contributed by atoms with Crippen LogP contribution in [0.2, 0.25) is 0 Å². The number of anilines is 2. The summed E-state index contributed by atoms with van der Waals surface area (Å²) < 4.78 is 35.9. The molecule has 0 aromatic heterocycles. The van der Waals surface area contributed by atoms with E-state index in [1.165, 1.54) is 38.5 Å². The van der Waals surface area contributed by atoms with Crippen LogP contribution in [-0.2, 0) is 19.2 Å². The van der Waals surface area contributed by atoms with Gasteiger partial charge < -0.3 is 24.1 Å². The van der Waals surface area contributed by atoms with Crippen molar-refractivity contribution in [3.63, 3.8) is 0 Å². The zero-order chi connectivity index (χ0) is 41.3. The Kier molecular flexibility index (Phi) is 9.76. The highest BCUT2D eigenvalue weighted by molar-refractivity contribution is 6.58. The van der Waals surface area contributed by atoms with Crippen LogP contribution < -0.4 is 28.7 Å². The Bertz CT molecular complexity index is 2440. The Morgan fingerprint density at radius 1 is 0.724 bits per heavy atom. The van der Waals surface area contributed by atoms with Crippen molar-refractivity contribution in [2.75, 3.05) is 38.2 Å². The van der Waals surface area contributed by atoms with Crippen LogP contribution in [0.15, 0.2) is 90.5 Å². The van der Waals surface area contributed by atoms with E-state index in [1.807, 2.05) is 18.2 Å². The first-order chi connectivity index (χ1) is 27.8. The largest absolute Gasteiger partial charge is 0.507 e. The molecule has 4 amide bonds. The number of aromatic hydroxyl groups is 1. The first kappa shape index (κ1) is 39.0. The van der Waals surface area contributed by atoms with Crippen LogP contribution in [-0.4, -0.2) is 66.9 Å². The number of ether oxygens (including phenoxy) is 4. The van der Waals surface area contributed by atoms with Crippen LogP contribution in [0.25, 0.3) is 12.2 Å². The van der Waals surface area contributed by atoms with Gasteiger partial charge in [-0.2, -0.15) is 0 Å². The normalized spacial score (nSPS) is 26.4. The minimum atomic E-state index is -2.28. The summed E-state index contributed by atoms with van der Waals surface area (Å²) in [6.45, 7) is 0. The number of carbonyl (C=O) groups excluding carboxylic acids is 4. The molecule has 4 aromatic rings. The molecule has 0 radical (unpaired) electrons. The number of imide groups is 2. The summed E-state index contributed by atoms with van der Waals surface area (Å²) in [5, 5.41) is 11.6. The second-order valence-corrected chi connectivity index (χ2v) is 15.8. The van der Waals surface area contributed by atoms with Crippen LogP contribution in [0.1, 0.15) is 35.4 Å². The van der Waals surface area contributed by atoms with Gasteiger partial charge in [-0.25, -0.2) is 9.29 Å². The van der Waals surface area contributed by atoms with Crippen molar-refractivity contribution in [2.45, 2.75) is 28.5 Å². The summed E-state index contributed by atoms with van der Waals surface area (Å²) >= 11 is 15.0. The lowest BCUT2D eigenvalue weighted by Gasteiger charge is -2.50. The van der Waals surface area contributed by atoms with Crippen molar-refractivity contribution in [2.24, 2.45) is 17.8 Å². The van der Waals surface area contributed by atoms with Crippen molar-refractivity contribution in [3.05, 3.63) is 113 Å². The van der Waals surface area contributed by atoms with E-state index in [4.69, 9.17) is 42.1 Å². The number of allylic oxidation sites excluding steroid dienone is 2. The number of phenols is 1. The molecule has 4 aromatic carbocycles. The van der Waals surface area contributed by atoms with E-state index < -0.39 is 62.9 Å². The van der Waals surface area contributed by atoms with Gasteiger partial charge in [-0.15, -0.1) is 23.2 Å². The topological polar surface area (TPSA) is 132 Å². The molecule has 0 bridgehead atoms. The number of benzene rings is 4. The van der Waals surface area contributed by atoms with Crippen LogP contribution in [0.3, 0.4) is 0 Å². The molecule has 2 saturated heterocycles. The second-order valence-electron chi connectivity index (χ2n) is 14.6. The number of nitrogens with zero attached hydrogens (tertiary/aromatic N) is 2. The predicted octanol–water partition coefficient (Wildman–Crippen LogP) is 7.50. The highest BCUT2D eigenvalue weighted by Gasteiger charge is 2.77. The smallest absolute Gasteiger partial charge is 0.258 e. The fourth-order valence-electron chi connectivity index (χ4n) is 9.02. The molecule has 6 atom stereocenters. The number of hydrogen-bond donors (Lipinski definition) is 1. The van der Waals surface area contributed by atoms with Crippen molar-refractivity contribution in [1.29, 1.82) is 0 Å². The molecule has 0 spiro atoms. The van der Waals surface area contributed by atoms with Crippen molar-refractivity contribution >= 4 is 70.4 Å². The third-order valence-electron chi connectivity index (χ3n) is 11.8. The first-order valence-electron chi connectivity index (χ1n) is 18.4. The number of phenolic OH excluding ortho intramolecular Hbond substituents is 1. The van der Waals surface area contributed by atoms with Crippen LogP contribution in [0, 0.1) is 23.6 Å². The number of rotatable bonds is 9. The second kappa shape index (κ2) is 14.5. The third kappa shape index (κ3) is 5.75. The highest BCUT2D eigenvalue weighted by Crippen LogP contribution is 2.67. The SMILES string of the molecule is COc1ccc(OC)c(C=Cc2ccc(N3C(=O)C4CC=C5C(CC6(Cl)C(=O)N(c7ccc(F)cc7)C(=O)C6(Cl)C5c5c(O)cc(OC)cc5OC)C4C3=O)cc2)c1. The Morgan fingerprint density at radius 3 is 2.03 bits per heavy atom. The molecule has 1 saturated carbocycles. The molecular formula is C44H37Cl2FN2O9. The fourth-order valence-corrected chi connectivity index (χ4v) is 9.94. The summed E-state index contributed by atoms with van der Waals surface area (Å²) in [5.41, 5.74) is 2.45. The van der Waals surface area contributed by atoms with Gasteiger partial charge in [0.1, 0.15) is 34.6 Å². The number of fused-ring (bicyclic) bond motifs is 4. The lowest BCUT2D eigenvalue weighted by molar-refractivity contribution is -0.125. The third-order valence-corrected chi connectivity index (χ3v) is 13.2. The Labute approximate surface area is 343 Å². The van der Waals surface area contributed by atoms with Crippen molar-refractivity contribution < 1.29 is 47.6 Å². The van der Waals surface area contributed by atoms with Gasteiger partial charge in [0.2, 0.25) is 11.8 Å². The van der Waals surface area contributed by atoms with E-state index >= 15 is 0 Å². The van der Waals surface area contributed by atoms with E-state index in [9.17, 15) is 28.7 Å². The van der Waals surface area contributed by atoms with Gasteiger partial charge in [-0.1, -0.05) is 35.9 Å². The number of methoxy groups -OCH3 is 4. The van der Waals surface area contributed by atoms with Gasteiger partial charge in [0.25, 0.3) is 11.8 Å². The average Bonchev–Trinajstić information content (AvgIpc) is 3.57. The molecule has 6 unspecified atom stereocenters. The van der Waals surface area contributed by atoms with Gasteiger partial charge in [-0.3, -0.25) is 24.1 Å². The standard InChI is InChI=1S/C44H37Cl2FN2O9/c1-55-28-15-18-34(57-3)24(19-28)8-5-23-6-11-26(12-7-23)48-39(51)31-17-16-30-32(36(31)40(48)52)22-43(45)41(53)49(27-13-9-25(47)10-14-27)42(54)44(43,46)38(30)37-33(50)20-29(56-2)21-35(37)58-4/h5-16,18-21,31-32,36,38,50H,17,22H2,1-4H3. The number of carbonyl (C=O) groups is 4. The summed E-state index contributed by atoms with van der Waals surface area (Å²) in [6.07, 6.45) is 5.29. The number of hydrogen-bond acceptors (Lipinski definition) is 9. The summed E-state index contributed by atoms with van der Waals surface area (Å²) in [4.78, 5) is 55.7. The number of halogens is 3. The predicted molar refractivity (Wildman–Crippen MR) is 215 cm³/mol. The molecule has 298 valence electrons. The minimum absolute atomic E-state index is 0.0320. The Balaban J connectivity index is 1.19. The maximum atomic E-state index is 14.7. The van der Waals surface area contributed by atoms with Crippen LogP contribution >= 0.6 is 23.2 Å². The molecule has 3 fully saturated rings. The lowest BCUT2D eigenvalue weighted by Crippen LogP contribution is -2.60. The van der Waals surface area contributed by atoms with E-state index in [-0.39, 0.29) is 41.3 Å². The maximum absolute atomic E-state index is 14.7. The molecule has 14 heteroatoms. The zero-order valence-corrected chi connectivity index (χ0v) is 33.2. The highest BCUT2D eigenvalue weighted by atomic mass is 35.5. The van der Waals surface area contributed by atoms with E-state index in [0.717, 1.165) is 33.1 Å². The van der Waals surface area contributed by atoms with Gasteiger partial charge in [-0.05, 0) is 78.9 Å². The zero-order valence-electron chi connectivity index (χ0n) is 31.7. The van der Waals surface area contributed by atoms with Crippen molar-refractivity contribution in [3.8, 4) is 28.7 Å².